The van der Waals surface area contributed by atoms with E-state index in [1.165, 1.54) is 17.7 Å². The molecule has 0 saturated heterocycles. The molecule has 0 unspecified atom stereocenters. The van der Waals surface area contributed by atoms with E-state index in [-0.39, 0.29) is 22.5 Å². The first-order valence-electron chi connectivity index (χ1n) is 8.62. The van der Waals surface area contributed by atoms with Crippen LogP contribution in [0.1, 0.15) is 18.4 Å². The van der Waals surface area contributed by atoms with Gasteiger partial charge in [0.15, 0.2) is 0 Å². The van der Waals surface area contributed by atoms with Crippen LogP contribution in [0, 0.1) is 5.82 Å². The Labute approximate surface area is 149 Å². The zero-order valence-corrected chi connectivity index (χ0v) is 14.8. The van der Waals surface area contributed by atoms with Crippen LogP contribution < -0.4 is 16.6 Å². The number of nitrogens with one attached hydrogen (secondary N) is 1. The van der Waals surface area contributed by atoms with Crippen molar-refractivity contribution in [1.82, 2.24) is 9.13 Å². The molecule has 1 N–H and O–H groups in total. The van der Waals surface area contributed by atoms with Gasteiger partial charge < -0.3 is 5.32 Å². The molecule has 0 atom stereocenters. The Hall–Kier alpha value is -2.89. The van der Waals surface area contributed by atoms with Gasteiger partial charge in [0.05, 0.1) is 10.9 Å². The second-order valence-corrected chi connectivity index (χ2v) is 7.05. The van der Waals surface area contributed by atoms with Crippen molar-refractivity contribution in [1.29, 1.82) is 0 Å². The maximum Gasteiger partial charge on any atom is 0.330 e. The van der Waals surface area contributed by atoms with Crippen molar-refractivity contribution < 1.29 is 4.39 Å². The molecule has 1 saturated carbocycles. The number of halogens is 1. The number of fused-ring (bicyclic) bond motifs is 1. The highest BCUT2D eigenvalue weighted by Crippen LogP contribution is 2.49. The summed E-state index contributed by atoms with van der Waals surface area (Å²) in [5.74, 6) is -0.170. The Kier molecular flexibility index (Phi) is 3.72. The van der Waals surface area contributed by atoms with Gasteiger partial charge in [-0.3, -0.25) is 13.9 Å². The average molecular weight is 353 g/mol. The second kappa shape index (κ2) is 5.83. The van der Waals surface area contributed by atoms with Gasteiger partial charge in [0.1, 0.15) is 5.82 Å². The normalized spacial score (nSPS) is 15.2. The SMILES string of the molecule is Cn1c(=O)c2ccc(NCC3(c4ccccc4F)CC3)cc2n(C)c1=O. The molecule has 6 heteroatoms. The third-order valence-electron chi connectivity index (χ3n) is 5.40. The van der Waals surface area contributed by atoms with Crippen LogP contribution in [0.15, 0.2) is 52.1 Å². The van der Waals surface area contributed by atoms with Crippen molar-refractivity contribution in [3.8, 4) is 0 Å². The smallest absolute Gasteiger partial charge is 0.330 e. The third-order valence-corrected chi connectivity index (χ3v) is 5.40. The van der Waals surface area contributed by atoms with Crippen LogP contribution in [-0.2, 0) is 19.5 Å². The van der Waals surface area contributed by atoms with E-state index >= 15 is 0 Å². The number of hydrogen-bond donors (Lipinski definition) is 1. The van der Waals surface area contributed by atoms with E-state index in [1.54, 1.807) is 25.2 Å². The molecule has 5 nitrogen and oxygen atoms in total. The molecule has 0 bridgehead atoms. The topological polar surface area (TPSA) is 56.0 Å². The van der Waals surface area contributed by atoms with Gasteiger partial charge in [0, 0.05) is 31.7 Å². The monoisotopic (exact) mass is 353 g/mol. The first kappa shape index (κ1) is 16.6. The summed E-state index contributed by atoms with van der Waals surface area (Å²) in [6.45, 7) is 0.609. The summed E-state index contributed by atoms with van der Waals surface area (Å²) in [4.78, 5) is 24.4. The Bertz CT molecular complexity index is 1130. The van der Waals surface area contributed by atoms with Gasteiger partial charge in [0.25, 0.3) is 5.56 Å². The fourth-order valence-electron chi connectivity index (χ4n) is 3.55. The molecule has 0 radical (unpaired) electrons. The van der Waals surface area contributed by atoms with Gasteiger partial charge in [-0.05, 0) is 42.7 Å². The van der Waals surface area contributed by atoms with Gasteiger partial charge >= 0.3 is 5.69 Å². The lowest BCUT2D eigenvalue weighted by atomic mass is 9.95. The minimum absolute atomic E-state index is 0.170. The Morgan fingerprint density at radius 2 is 1.81 bits per heavy atom. The molecule has 1 aliphatic carbocycles. The zero-order valence-electron chi connectivity index (χ0n) is 14.8. The van der Waals surface area contributed by atoms with E-state index in [1.807, 2.05) is 18.2 Å². The van der Waals surface area contributed by atoms with Crippen molar-refractivity contribution >= 4 is 16.6 Å². The van der Waals surface area contributed by atoms with Crippen LogP contribution >= 0.6 is 0 Å². The number of nitrogens with zero attached hydrogens (tertiary/aromatic N) is 2. The summed E-state index contributed by atoms with van der Waals surface area (Å²) in [6, 6.07) is 12.3. The molecule has 0 aliphatic heterocycles. The van der Waals surface area contributed by atoms with Crippen LogP contribution in [0.5, 0.6) is 0 Å². The fourth-order valence-corrected chi connectivity index (χ4v) is 3.55. The Morgan fingerprint density at radius 1 is 1.08 bits per heavy atom. The highest BCUT2D eigenvalue weighted by molar-refractivity contribution is 5.81. The summed E-state index contributed by atoms with van der Waals surface area (Å²) in [7, 11) is 3.12. The number of aryl methyl sites for hydroxylation is 1. The van der Waals surface area contributed by atoms with Gasteiger partial charge in [-0.25, -0.2) is 9.18 Å². The molecule has 1 heterocycles. The molecule has 0 amide bonds. The average Bonchev–Trinajstić information content (AvgIpc) is 3.44. The number of aromatic nitrogens is 2. The number of anilines is 1. The summed E-state index contributed by atoms with van der Waals surface area (Å²) in [6.07, 6.45) is 1.88. The zero-order chi connectivity index (χ0) is 18.5. The molecule has 134 valence electrons. The minimum atomic E-state index is -0.357. The molecule has 1 aromatic heterocycles. The first-order chi connectivity index (χ1) is 12.4. The largest absolute Gasteiger partial charge is 0.384 e. The van der Waals surface area contributed by atoms with E-state index in [9.17, 15) is 14.0 Å². The number of rotatable bonds is 4. The molecule has 26 heavy (non-hydrogen) atoms. The highest BCUT2D eigenvalue weighted by atomic mass is 19.1. The van der Waals surface area contributed by atoms with Gasteiger partial charge in [0.2, 0.25) is 0 Å². The third kappa shape index (κ3) is 2.53. The molecular formula is C20H20FN3O2. The molecule has 2 aromatic carbocycles. The lowest BCUT2D eigenvalue weighted by Crippen LogP contribution is -2.36. The molecular weight excluding hydrogens is 333 g/mol. The van der Waals surface area contributed by atoms with Crippen LogP contribution in [-0.4, -0.2) is 15.7 Å². The quantitative estimate of drug-likeness (QED) is 0.784. The van der Waals surface area contributed by atoms with Gasteiger partial charge in [-0.2, -0.15) is 0 Å². The minimum Gasteiger partial charge on any atom is -0.384 e. The summed E-state index contributed by atoms with van der Waals surface area (Å²) in [5, 5.41) is 3.85. The van der Waals surface area contributed by atoms with Crippen molar-refractivity contribution in [2.75, 3.05) is 11.9 Å². The molecule has 1 fully saturated rings. The van der Waals surface area contributed by atoms with Crippen molar-refractivity contribution in [2.45, 2.75) is 18.3 Å². The molecule has 3 aromatic rings. The highest BCUT2D eigenvalue weighted by Gasteiger charge is 2.45. The van der Waals surface area contributed by atoms with Crippen LogP contribution in [0.2, 0.25) is 0 Å². The van der Waals surface area contributed by atoms with Gasteiger partial charge in [-0.15, -0.1) is 0 Å². The van der Waals surface area contributed by atoms with Crippen molar-refractivity contribution in [3.05, 3.63) is 74.7 Å². The molecule has 1 aliphatic rings. The Balaban J connectivity index is 1.66. The van der Waals surface area contributed by atoms with Crippen LogP contribution in [0.3, 0.4) is 0 Å². The maximum absolute atomic E-state index is 14.1. The summed E-state index contributed by atoms with van der Waals surface area (Å²) < 4.78 is 16.7. The number of hydrogen-bond acceptors (Lipinski definition) is 3. The first-order valence-corrected chi connectivity index (χ1v) is 8.62. The maximum atomic E-state index is 14.1. The summed E-state index contributed by atoms with van der Waals surface area (Å²) >= 11 is 0. The van der Waals surface area contributed by atoms with E-state index in [4.69, 9.17) is 0 Å². The van der Waals surface area contributed by atoms with E-state index < -0.39 is 0 Å². The van der Waals surface area contributed by atoms with E-state index in [0.29, 0.717) is 17.4 Å². The number of benzene rings is 2. The van der Waals surface area contributed by atoms with Crippen LogP contribution in [0.25, 0.3) is 10.9 Å². The predicted octanol–water partition coefficient (Wildman–Crippen LogP) is 2.52. The lowest BCUT2D eigenvalue weighted by molar-refractivity contribution is 0.578. The fraction of sp³-hybridized carbons (Fsp3) is 0.300. The van der Waals surface area contributed by atoms with Crippen molar-refractivity contribution in [3.63, 3.8) is 0 Å². The molecule has 4 rings (SSSR count). The second-order valence-electron chi connectivity index (χ2n) is 7.05. The Morgan fingerprint density at radius 3 is 2.50 bits per heavy atom. The van der Waals surface area contributed by atoms with Crippen LogP contribution in [0.4, 0.5) is 10.1 Å². The summed E-state index contributed by atoms with van der Waals surface area (Å²) in [5.41, 5.74) is 1.29. The standard InChI is InChI=1S/C20H20FN3O2/c1-23-17-11-13(7-8-14(17)18(25)24(2)19(23)26)22-12-20(9-10-20)15-5-3-4-6-16(15)21/h3-8,11,22H,9-10,12H2,1-2H3. The van der Waals surface area contributed by atoms with Crippen molar-refractivity contribution in [2.24, 2.45) is 14.1 Å². The van der Waals surface area contributed by atoms with Gasteiger partial charge in [-0.1, -0.05) is 18.2 Å². The lowest BCUT2D eigenvalue weighted by Gasteiger charge is -2.18. The predicted molar refractivity (Wildman–Crippen MR) is 100 cm³/mol. The van der Waals surface area contributed by atoms with E-state index in [0.717, 1.165) is 28.7 Å². The van der Waals surface area contributed by atoms with E-state index in [2.05, 4.69) is 5.32 Å². The molecule has 0 spiro atoms.